The Morgan fingerprint density at radius 3 is 2.56 bits per heavy atom. The lowest BCUT2D eigenvalue weighted by Crippen LogP contribution is -2.51. The predicted octanol–water partition coefficient (Wildman–Crippen LogP) is 2.37. The maximum absolute atomic E-state index is 13.9. The Morgan fingerprint density at radius 1 is 1.11 bits per heavy atom. The molecule has 0 radical (unpaired) electrons. The highest BCUT2D eigenvalue weighted by molar-refractivity contribution is 5.92. The number of piperazine rings is 1. The SMILES string of the molecule is CCCNC(=O)CN1CCN(C(=O)c2ccc(-c3ccccc3F)o2)CC1. The Balaban J connectivity index is 1.56. The van der Waals surface area contributed by atoms with Gasteiger partial charge in [-0.2, -0.15) is 0 Å². The fourth-order valence-electron chi connectivity index (χ4n) is 3.05. The lowest BCUT2D eigenvalue weighted by molar-refractivity contribution is -0.122. The van der Waals surface area contributed by atoms with Gasteiger partial charge in [-0.3, -0.25) is 14.5 Å². The molecule has 2 heterocycles. The second-order valence-electron chi connectivity index (χ2n) is 6.56. The number of hydrogen-bond acceptors (Lipinski definition) is 4. The monoisotopic (exact) mass is 373 g/mol. The molecular weight excluding hydrogens is 349 g/mol. The van der Waals surface area contributed by atoms with Crippen molar-refractivity contribution < 1.29 is 18.4 Å². The number of rotatable bonds is 6. The molecule has 0 spiro atoms. The van der Waals surface area contributed by atoms with Gasteiger partial charge in [-0.15, -0.1) is 0 Å². The zero-order chi connectivity index (χ0) is 19.2. The van der Waals surface area contributed by atoms with Crippen LogP contribution in [0.2, 0.25) is 0 Å². The lowest BCUT2D eigenvalue weighted by Gasteiger charge is -2.33. The highest BCUT2D eigenvalue weighted by atomic mass is 19.1. The third-order valence-electron chi connectivity index (χ3n) is 4.55. The molecule has 1 aliphatic heterocycles. The number of benzene rings is 1. The Hall–Kier alpha value is -2.67. The van der Waals surface area contributed by atoms with E-state index in [0.29, 0.717) is 50.6 Å². The summed E-state index contributed by atoms with van der Waals surface area (Å²) in [6.07, 6.45) is 0.909. The molecule has 0 aliphatic carbocycles. The number of hydrogen-bond donors (Lipinski definition) is 1. The van der Waals surface area contributed by atoms with Crippen LogP contribution in [0.3, 0.4) is 0 Å². The molecule has 2 aromatic rings. The van der Waals surface area contributed by atoms with Gasteiger partial charge in [0.15, 0.2) is 5.76 Å². The summed E-state index contributed by atoms with van der Waals surface area (Å²) < 4.78 is 19.5. The first kappa shape index (κ1) is 19.1. The van der Waals surface area contributed by atoms with Crippen LogP contribution in [0.1, 0.15) is 23.9 Å². The molecule has 27 heavy (non-hydrogen) atoms. The van der Waals surface area contributed by atoms with Crippen molar-refractivity contribution in [2.75, 3.05) is 39.3 Å². The predicted molar refractivity (Wildman–Crippen MR) is 99.7 cm³/mol. The van der Waals surface area contributed by atoms with Gasteiger partial charge in [-0.25, -0.2) is 4.39 Å². The van der Waals surface area contributed by atoms with E-state index in [0.717, 1.165) is 6.42 Å². The summed E-state index contributed by atoms with van der Waals surface area (Å²) in [6, 6.07) is 9.49. The van der Waals surface area contributed by atoms with Crippen molar-refractivity contribution in [3.63, 3.8) is 0 Å². The molecule has 0 unspecified atom stereocenters. The standard InChI is InChI=1S/C20H24FN3O3/c1-2-9-22-19(25)14-23-10-12-24(13-11-23)20(26)18-8-7-17(27-18)15-5-3-4-6-16(15)21/h3-8H,2,9-14H2,1H3,(H,22,25). The molecule has 7 heteroatoms. The van der Waals surface area contributed by atoms with Gasteiger partial charge in [0.25, 0.3) is 5.91 Å². The van der Waals surface area contributed by atoms with Crippen molar-refractivity contribution >= 4 is 11.8 Å². The van der Waals surface area contributed by atoms with E-state index < -0.39 is 0 Å². The van der Waals surface area contributed by atoms with E-state index in [1.165, 1.54) is 6.07 Å². The second kappa shape index (κ2) is 8.81. The molecule has 1 aliphatic rings. The molecule has 0 bridgehead atoms. The largest absolute Gasteiger partial charge is 0.451 e. The van der Waals surface area contributed by atoms with Crippen LogP contribution in [0.15, 0.2) is 40.8 Å². The van der Waals surface area contributed by atoms with E-state index in [4.69, 9.17) is 4.42 Å². The first-order valence-corrected chi connectivity index (χ1v) is 9.21. The molecule has 3 rings (SSSR count). The van der Waals surface area contributed by atoms with Crippen LogP contribution in [-0.2, 0) is 4.79 Å². The number of amides is 2. The number of furan rings is 1. The van der Waals surface area contributed by atoms with Crippen molar-refractivity contribution in [1.29, 1.82) is 0 Å². The van der Waals surface area contributed by atoms with E-state index in [9.17, 15) is 14.0 Å². The van der Waals surface area contributed by atoms with E-state index in [1.807, 2.05) is 11.8 Å². The molecule has 1 N–H and O–H groups in total. The fraction of sp³-hybridized carbons (Fsp3) is 0.400. The summed E-state index contributed by atoms with van der Waals surface area (Å²) >= 11 is 0. The number of halogens is 1. The van der Waals surface area contributed by atoms with Gasteiger partial charge in [-0.05, 0) is 30.7 Å². The molecule has 144 valence electrons. The highest BCUT2D eigenvalue weighted by Crippen LogP contribution is 2.25. The van der Waals surface area contributed by atoms with Gasteiger partial charge >= 0.3 is 0 Å². The molecule has 0 saturated carbocycles. The van der Waals surface area contributed by atoms with Crippen molar-refractivity contribution in [3.05, 3.63) is 48.0 Å². The maximum Gasteiger partial charge on any atom is 0.289 e. The summed E-state index contributed by atoms with van der Waals surface area (Å²) in [5.74, 6) is -0.0595. The van der Waals surface area contributed by atoms with Gasteiger partial charge in [0.05, 0.1) is 12.1 Å². The van der Waals surface area contributed by atoms with Gasteiger partial charge in [0.2, 0.25) is 5.91 Å². The van der Waals surface area contributed by atoms with Crippen molar-refractivity contribution in [3.8, 4) is 11.3 Å². The van der Waals surface area contributed by atoms with E-state index in [2.05, 4.69) is 5.32 Å². The Labute approximate surface area is 157 Å². The second-order valence-corrected chi connectivity index (χ2v) is 6.56. The fourth-order valence-corrected chi connectivity index (χ4v) is 3.05. The lowest BCUT2D eigenvalue weighted by atomic mass is 10.1. The number of nitrogens with zero attached hydrogens (tertiary/aromatic N) is 2. The van der Waals surface area contributed by atoms with Crippen molar-refractivity contribution in [2.45, 2.75) is 13.3 Å². The summed E-state index contributed by atoms with van der Waals surface area (Å²) in [7, 11) is 0. The zero-order valence-electron chi connectivity index (χ0n) is 15.4. The Morgan fingerprint density at radius 2 is 1.85 bits per heavy atom. The zero-order valence-corrected chi connectivity index (χ0v) is 15.4. The summed E-state index contributed by atoms with van der Waals surface area (Å²) in [4.78, 5) is 28.2. The van der Waals surface area contributed by atoms with Crippen LogP contribution in [0.5, 0.6) is 0 Å². The average Bonchev–Trinajstić information content (AvgIpc) is 3.16. The average molecular weight is 373 g/mol. The molecule has 1 saturated heterocycles. The maximum atomic E-state index is 13.9. The van der Waals surface area contributed by atoms with Crippen LogP contribution in [0.25, 0.3) is 11.3 Å². The number of carbonyl (C=O) groups is 2. The quantitative estimate of drug-likeness (QED) is 0.844. The summed E-state index contributed by atoms with van der Waals surface area (Å²) in [6.45, 7) is 5.35. The topological polar surface area (TPSA) is 65.8 Å². The van der Waals surface area contributed by atoms with Gasteiger partial charge in [0.1, 0.15) is 11.6 Å². The minimum Gasteiger partial charge on any atom is -0.451 e. The van der Waals surface area contributed by atoms with E-state index in [1.54, 1.807) is 35.2 Å². The number of nitrogens with one attached hydrogen (secondary N) is 1. The molecule has 1 aromatic carbocycles. The van der Waals surface area contributed by atoms with Crippen LogP contribution < -0.4 is 5.32 Å². The molecular formula is C20H24FN3O3. The minimum absolute atomic E-state index is 0.0113. The molecule has 6 nitrogen and oxygen atoms in total. The molecule has 0 atom stereocenters. The van der Waals surface area contributed by atoms with Gasteiger partial charge in [0, 0.05) is 32.7 Å². The van der Waals surface area contributed by atoms with Crippen molar-refractivity contribution in [1.82, 2.24) is 15.1 Å². The highest BCUT2D eigenvalue weighted by Gasteiger charge is 2.25. The normalized spacial score (nSPS) is 15.0. The Kier molecular flexibility index (Phi) is 6.24. The molecule has 2 amide bonds. The smallest absolute Gasteiger partial charge is 0.289 e. The minimum atomic E-state index is -0.388. The van der Waals surface area contributed by atoms with Crippen LogP contribution >= 0.6 is 0 Å². The van der Waals surface area contributed by atoms with Crippen molar-refractivity contribution in [2.24, 2.45) is 0 Å². The number of carbonyl (C=O) groups excluding carboxylic acids is 2. The third-order valence-corrected chi connectivity index (χ3v) is 4.55. The summed E-state index contributed by atoms with van der Waals surface area (Å²) in [5, 5.41) is 2.86. The van der Waals surface area contributed by atoms with E-state index in [-0.39, 0.29) is 23.4 Å². The Bertz CT molecular complexity index is 797. The van der Waals surface area contributed by atoms with Crippen LogP contribution in [0, 0.1) is 5.82 Å². The molecule has 1 aromatic heterocycles. The van der Waals surface area contributed by atoms with Gasteiger partial charge < -0.3 is 14.6 Å². The van der Waals surface area contributed by atoms with Crippen LogP contribution in [0.4, 0.5) is 4.39 Å². The van der Waals surface area contributed by atoms with Crippen LogP contribution in [-0.4, -0.2) is 60.9 Å². The van der Waals surface area contributed by atoms with Gasteiger partial charge in [-0.1, -0.05) is 19.1 Å². The summed E-state index contributed by atoms with van der Waals surface area (Å²) in [5.41, 5.74) is 0.333. The first-order valence-electron chi connectivity index (χ1n) is 9.21. The molecule has 1 fully saturated rings. The van der Waals surface area contributed by atoms with E-state index >= 15 is 0 Å². The third kappa shape index (κ3) is 4.74. The first-order chi connectivity index (χ1) is 13.1.